The fraction of sp³-hybridized carbons (Fsp3) is 0.500. The zero-order valence-electron chi connectivity index (χ0n) is 11.2. The van der Waals surface area contributed by atoms with Crippen molar-refractivity contribution in [3.05, 3.63) is 23.8 Å². The number of ether oxygens (including phenoxy) is 1. The van der Waals surface area contributed by atoms with Gasteiger partial charge in [0.2, 0.25) is 0 Å². The molecule has 0 aliphatic rings. The largest absolute Gasteiger partial charge is 0.394 e. The molecule has 0 saturated heterocycles. The summed E-state index contributed by atoms with van der Waals surface area (Å²) in [6.07, 6.45) is 0.843. The Morgan fingerprint density at radius 3 is 2.95 bits per heavy atom. The molecule has 1 rings (SSSR count). The number of aliphatic hydroxyl groups is 1. The number of anilines is 1. The third-order valence-corrected chi connectivity index (χ3v) is 3.39. The molecule has 0 aliphatic heterocycles. The van der Waals surface area contributed by atoms with Crippen LogP contribution in [0.4, 0.5) is 5.69 Å². The molecule has 4 nitrogen and oxygen atoms in total. The molecule has 0 unspecified atom stereocenters. The predicted octanol–water partition coefficient (Wildman–Crippen LogP) is 2.48. The molecule has 0 amide bonds. The van der Waals surface area contributed by atoms with E-state index < -0.39 is 0 Å². The Bertz CT molecular complexity index is 418. The fourth-order valence-electron chi connectivity index (χ4n) is 1.63. The van der Waals surface area contributed by atoms with Gasteiger partial charge in [-0.2, -0.15) is 5.26 Å². The summed E-state index contributed by atoms with van der Waals surface area (Å²) in [5, 5.41) is 21.1. The van der Waals surface area contributed by atoms with Crippen molar-refractivity contribution in [3.8, 4) is 6.07 Å². The summed E-state index contributed by atoms with van der Waals surface area (Å²) in [5.74, 6) is 0.952. The maximum absolute atomic E-state index is 9.24. The molecule has 0 atom stereocenters. The summed E-state index contributed by atoms with van der Waals surface area (Å²) in [6, 6.07) is 8.12. The minimum atomic E-state index is 0.0578. The van der Waals surface area contributed by atoms with Gasteiger partial charge in [0, 0.05) is 18.0 Å². The molecule has 0 heterocycles. The highest BCUT2D eigenvalue weighted by Gasteiger charge is 2.07. The van der Waals surface area contributed by atoms with Crippen LogP contribution in [-0.4, -0.2) is 37.2 Å². The number of aliphatic hydroxyl groups excluding tert-OH is 1. The first kappa shape index (κ1) is 15.8. The van der Waals surface area contributed by atoms with Crippen LogP contribution in [0.1, 0.15) is 18.9 Å². The van der Waals surface area contributed by atoms with E-state index in [1.165, 1.54) is 0 Å². The number of benzene rings is 1. The van der Waals surface area contributed by atoms with Crippen LogP contribution in [0.5, 0.6) is 0 Å². The van der Waals surface area contributed by atoms with Crippen LogP contribution in [0.25, 0.3) is 0 Å². The van der Waals surface area contributed by atoms with Crippen molar-refractivity contribution in [1.82, 2.24) is 0 Å². The van der Waals surface area contributed by atoms with Crippen LogP contribution < -0.4 is 5.32 Å². The second-order valence-corrected chi connectivity index (χ2v) is 5.15. The van der Waals surface area contributed by atoms with Gasteiger partial charge < -0.3 is 15.2 Å². The highest BCUT2D eigenvalue weighted by atomic mass is 32.2. The minimum Gasteiger partial charge on any atom is -0.394 e. The zero-order chi connectivity index (χ0) is 13.9. The van der Waals surface area contributed by atoms with Gasteiger partial charge in [0.1, 0.15) is 6.07 Å². The van der Waals surface area contributed by atoms with E-state index >= 15 is 0 Å². The molecule has 1 aromatic carbocycles. The van der Waals surface area contributed by atoms with Crippen molar-refractivity contribution in [3.63, 3.8) is 0 Å². The molecule has 5 heteroatoms. The summed E-state index contributed by atoms with van der Waals surface area (Å²) >= 11 is 1.68. The van der Waals surface area contributed by atoms with Gasteiger partial charge in [-0.25, -0.2) is 0 Å². The molecule has 0 fully saturated rings. The van der Waals surface area contributed by atoms with Crippen molar-refractivity contribution in [2.45, 2.75) is 18.2 Å². The number of hydrogen-bond acceptors (Lipinski definition) is 5. The van der Waals surface area contributed by atoms with Crippen LogP contribution in [-0.2, 0) is 4.74 Å². The third kappa shape index (κ3) is 5.52. The van der Waals surface area contributed by atoms with E-state index in [2.05, 4.69) is 18.3 Å². The fourth-order valence-corrected chi connectivity index (χ4v) is 2.42. The summed E-state index contributed by atoms with van der Waals surface area (Å²) < 4.78 is 5.18. The first-order chi connectivity index (χ1) is 9.33. The van der Waals surface area contributed by atoms with E-state index in [9.17, 15) is 5.26 Å². The highest BCUT2D eigenvalue weighted by molar-refractivity contribution is 7.99. The van der Waals surface area contributed by atoms with Gasteiger partial charge >= 0.3 is 0 Å². The lowest BCUT2D eigenvalue weighted by Gasteiger charge is -2.11. The minimum absolute atomic E-state index is 0.0578. The molecule has 1 aromatic rings. The topological polar surface area (TPSA) is 65.3 Å². The second kappa shape index (κ2) is 9.68. The van der Waals surface area contributed by atoms with Gasteiger partial charge in [0.05, 0.1) is 24.5 Å². The van der Waals surface area contributed by atoms with Crippen LogP contribution in [0.15, 0.2) is 23.1 Å². The zero-order valence-corrected chi connectivity index (χ0v) is 12.0. The molecule has 0 spiro atoms. The molecule has 0 saturated carbocycles. The molecular formula is C14H20N2O2S. The highest BCUT2D eigenvalue weighted by Crippen LogP contribution is 2.27. The van der Waals surface area contributed by atoms with Crippen molar-refractivity contribution < 1.29 is 9.84 Å². The number of rotatable bonds is 9. The lowest BCUT2D eigenvalue weighted by molar-refractivity contribution is 0.0922. The maximum Gasteiger partial charge on any atom is 0.102 e. The Morgan fingerprint density at radius 2 is 2.26 bits per heavy atom. The van der Waals surface area contributed by atoms with Crippen molar-refractivity contribution >= 4 is 17.4 Å². The lowest BCUT2D eigenvalue weighted by Crippen LogP contribution is -2.08. The molecule has 0 aromatic heterocycles. The molecule has 0 bridgehead atoms. The molecule has 2 N–H and O–H groups in total. The van der Waals surface area contributed by atoms with E-state index in [1.807, 2.05) is 18.2 Å². The molecule has 19 heavy (non-hydrogen) atoms. The van der Waals surface area contributed by atoms with Gasteiger partial charge in [-0.3, -0.25) is 0 Å². The predicted molar refractivity (Wildman–Crippen MR) is 78.6 cm³/mol. The van der Waals surface area contributed by atoms with Crippen molar-refractivity contribution in [2.24, 2.45) is 0 Å². The molecule has 0 radical (unpaired) electrons. The molecule has 0 aliphatic carbocycles. The third-order valence-electron chi connectivity index (χ3n) is 2.45. The van der Waals surface area contributed by atoms with Crippen molar-refractivity contribution in [2.75, 3.05) is 37.4 Å². The monoisotopic (exact) mass is 280 g/mol. The Kier molecular flexibility index (Phi) is 8.07. The van der Waals surface area contributed by atoms with Crippen LogP contribution in [0.2, 0.25) is 0 Å². The van der Waals surface area contributed by atoms with E-state index in [0.717, 1.165) is 29.3 Å². The number of nitrogens with one attached hydrogen (secondary N) is 1. The van der Waals surface area contributed by atoms with E-state index in [1.54, 1.807) is 11.8 Å². The Labute approximate surface area is 118 Å². The van der Waals surface area contributed by atoms with Crippen LogP contribution in [0, 0.1) is 11.3 Å². The van der Waals surface area contributed by atoms with Gasteiger partial charge in [0.15, 0.2) is 0 Å². The molecule has 104 valence electrons. The number of hydrogen-bond donors (Lipinski definition) is 2. The van der Waals surface area contributed by atoms with Crippen LogP contribution >= 0.6 is 11.8 Å². The van der Waals surface area contributed by atoms with E-state index in [-0.39, 0.29) is 6.61 Å². The summed E-state index contributed by atoms with van der Waals surface area (Å²) in [5.41, 5.74) is 1.59. The Balaban J connectivity index is 2.49. The van der Waals surface area contributed by atoms with Gasteiger partial charge in [-0.1, -0.05) is 13.0 Å². The standard InChI is InChI=1S/C14H20N2O2S/c1-2-19-14-6-3-5-13(12(14)11-15)16-7-4-9-18-10-8-17/h3,5-6,16-17H,2,4,7-10H2,1H3. The Morgan fingerprint density at radius 1 is 1.42 bits per heavy atom. The summed E-state index contributed by atoms with van der Waals surface area (Å²) in [7, 11) is 0. The maximum atomic E-state index is 9.24. The average molecular weight is 280 g/mol. The number of nitriles is 1. The summed E-state index contributed by atoms with van der Waals surface area (Å²) in [4.78, 5) is 1.02. The first-order valence-electron chi connectivity index (χ1n) is 6.41. The van der Waals surface area contributed by atoms with Gasteiger partial charge in [-0.05, 0) is 24.3 Å². The lowest BCUT2D eigenvalue weighted by atomic mass is 10.2. The normalized spacial score (nSPS) is 10.2. The average Bonchev–Trinajstić information content (AvgIpc) is 2.43. The van der Waals surface area contributed by atoms with Crippen molar-refractivity contribution in [1.29, 1.82) is 5.26 Å². The molecular weight excluding hydrogens is 260 g/mol. The van der Waals surface area contributed by atoms with Gasteiger partial charge in [-0.15, -0.1) is 11.8 Å². The van der Waals surface area contributed by atoms with E-state index in [0.29, 0.717) is 18.8 Å². The number of nitrogens with zero attached hydrogens (tertiary/aromatic N) is 1. The van der Waals surface area contributed by atoms with Gasteiger partial charge in [0.25, 0.3) is 0 Å². The quantitative estimate of drug-likeness (QED) is 0.537. The van der Waals surface area contributed by atoms with Crippen LogP contribution in [0.3, 0.4) is 0 Å². The van der Waals surface area contributed by atoms with E-state index in [4.69, 9.17) is 9.84 Å². The SMILES string of the molecule is CCSc1cccc(NCCCOCCO)c1C#N. The number of thioether (sulfide) groups is 1. The smallest absolute Gasteiger partial charge is 0.102 e. The Hall–Kier alpha value is -1.22. The first-order valence-corrected chi connectivity index (χ1v) is 7.40. The second-order valence-electron chi connectivity index (χ2n) is 3.84. The summed E-state index contributed by atoms with van der Waals surface area (Å²) in [6.45, 7) is 3.87.